The van der Waals surface area contributed by atoms with E-state index < -0.39 is 11.7 Å². The topological polar surface area (TPSA) is 56.5 Å². The summed E-state index contributed by atoms with van der Waals surface area (Å²) in [5.41, 5.74) is 0.956. The van der Waals surface area contributed by atoms with Gasteiger partial charge in [0.05, 0.1) is 23.4 Å². The number of halogens is 3. The van der Waals surface area contributed by atoms with Crippen LogP contribution in [0.1, 0.15) is 41.9 Å². The standard InChI is InChI=1S/C22H23F3N2O2/c23-22(24,25)19-6-3-17(14-26)21(13-19)27-10-9-18(15-27)16-4-7-20(8-5-16)29-12-2-1-11-28/h3-8,13,18,28H,1-2,9-12,15H2/t18-/m1/s1. The Balaban J connectivity index is 1.68. The quantitative estimate of drug-likeness (QED) is 0.679. The molecule has 7 heteroatoms. The molecule has 2 aromatic carbocycles. The number of aliphatic hydroxyl groups excluding tert-OH is 1. The van der Waals surface area contributed by atoms with Crippen molar-refractivity contribution in [1.29, 1.82) is 5.26 Å². The van der Waals surface area contributed by atoms with Crippen molar-refractivity contribution in [3.8, 4) is 11.8 Å². The number of nitrogens with zero attached hydrogens (tertiary/aromatic N) is 2. The molecule has 0 amide bonds. The van der Waals surface area contributed by atoms with Gasteiger partial charge >= 0.3 is 6.18 Å². The van der Waals surface area contributed by atoms with E-state index in [0.29, 0.717) is 31.8 Å². The highest BCUT2D eigenvalue weighted by atomic mass is 19.4. The first-order chi connectivity index (χ1) is 13.9. The number of unbranched alkanes of at least 4 members (excludes halogenated alkanes) is 1. The highest BCUT2D eigenvalue weighted by Gasteiger charge is 2.33. The van der Waals surface area contributed by atoms with Crippen LogP contribution in [0.25, 0.3) is 0 Å². The zero-order valence-electron chi connectivity index (χ0n) is 16.0. The molecule has 0 bridgehead atoms. The fraction of sp³-hybridized carbons (Fsp3) is 0.409. The summed E-state index contributed by atoms with van der Waals surface area (Å²) in [6.45, 7) is 1.86. The van der Waals surface area contributed by atoms with E-state index in [4.69, 9.17) is 9.84 Å². The molecule has 2 aromatic rings. The molecule has 0 spiro atoms. The molecule has 0 unspecified atom stereocenters. The molecule has 1 aliphatic heterocycles. The second-order valence-electron chi connectivity index (χ2n) is 7.12. The van der Waals surface area contributed by atoms with Gasteiger partial charge in [-0.05, 0) is 55.2 Å². The van der Waals surface area contributed by atoms with Crippen LogP contribution in [0.4, 0.5) is 18.9 Å². The van der Waals surface area contributed by atoms with E-state index in [2.05, 4.69) is 0 Å². The van der Waals surface area contributed by atoms with Gasteiger partial charge in [0.1, 0.15) is 11.8 Å². The average Bonchev–Trinajstić information content (AvgIpc) is 3.20. The van der Waals surface area contributed by atoms with Gasteiger partial charge in [-0.3, -0.25) is 0 Å². The minimum absolute atomic E-state index is 0.153. The van der Waals surface area contributed by atoms with E-state index in [1.165, 1.54) is 6.07 Å². The predicted molar refractivity (Wildman–Crippen MR) is 104 cm³/mol. The van der Waals surface area contributed by atoms with Crippen molar-refractivity contribution in [3.05, 3.63) is 59.2 Å². The van der Waals surface area contributed by atoms with Crippen LogP contribution in [0.3, 0.4) is 0 Å². The number of ether oxygens (including phenoxy) is 1. The zero-order valence-corrected chi connectivity index (χ0v) is 16.0. The molecule has 0 aromatic heterocycles. The van der Waals surface area contributed by atoms with Crippen molar-refractivity contribution in [2.45, 2.75) is 31.4 Å². The van der Waals surface area contributed by atoms with E-state index in [0.717, 1.165) is 36.3 Å². The van der Waals surface area contributed by atoms with Gasteiger partial charge in [0.15, 0.2) is 0 Å². The molecule has 154 valence electrons. The number of nitriles is 1. The van der Waals surface area contributed by atoms with Crippen LogP contribution >= 0.6 is 0 Å². The lowest BCUT2D eigenvalue weighted by atomic mass is 9.98. The minimum atomic E-state index is -4.44. The van der Waals surface area contributed by atoms with E-state index in [1.807, 2.05) is 35.2 Å². The Hall–Kier alpha value is -2.72. The third-order valence-electron chi connectivity index (χ3n) is 5.15. The summed E-state index contributed by atoms with van der Waals surface area (Å²) in [7, 11) is 0. The van der Waals surface area contributed by atoms with Crippen LogP contribution in [-0.4, -0.2) is 31.4 Å². The molecule has 1 fully saturated rings. The Labute approximate surface area is 168 Å². The number of benzene rings is 2. The summed E-state index contributed by atoms with van der Waals surface area (Å²) < 4.78 is 44.9. The highest BCUT2D eigenvalue weighted by Crippen LogP contribution is 2.37. The second-order valence-corrected chi connectivity index (χ2v) is 7.12. The fourth-order valence-electron chi connectivity index (χ4n) is 3.56. The summed E-state index contributed by atoms with van der Waals surface area (Å²) in [5.74, 6) is 0.936. The number of hydrogen-bond donors (Lipinski definition) is 1. The molecular weight excluding hydrogens is 381 g/mol. The van der Waals surface area contributed by atoms with Crippen LogP contribution in [-0.2, 0) is 6.18 Å². The van der Waals surface area contributed by atoms with Gasteiger partial charge in [0, 0.05) is 25.6 Å². The predicted octanol–water partition coefficient (Wildman–Crippen LogP) is 4.72. The van der Waals surface area contributed by atoms with Crippen LogP contribution in [0.15, 0.2) is 42.5 Å². The van der Waals surface area contributed by atoms with Crippen molar-refractivity contribution < 1.29 is 23.0 Å². The average molecular weight is 404 g/mol. The molecule has 3 rings (SSSR count). The minimum Gasteiger partial charge on any atom is -0.494 e. The molecule has 0 aliphatic carbocycles. The summed E-state index contributed by atoms with van der Waals surface area (Å²) in [5, 5.41) is 18.1. The Morgan fingerprint density at radius 2 is 1.90 bits per heavy atom. The number of rotatable bonds is 7. The van der Waals surface area contributed by atoms with Crippen molar-refractivity contribution in [1.82, 2.24) is 0 Å². The molecule has 1 saturated heterocycles. The second kappa shape index (κ2) is 9.19. The van der Waals surface area contributed by atoms with Crippen LogP contribution in [0.2, 0.25) is 0 Å². The molecule has 1 heterocycles. The summed E-state index contributed by atoms with van der Waals surface area (Å²) >= 11 is 0. The van der Waals surface area contributed by atoms with E-state index in [-0.39, 0.29) is 18.1 Å². The number of anilines is 1. The van der Waals surface area contributed by atoms with Gasteiger partial charge in [-0.1, -0.05) is 12.1 Å². The van der Waals surface area contributed by atoms with E-state index in [1.54, 1.807) is 0 Å². The SMILES string of the molecule is N#Cc1ccc(C(F)(F)F)cc1N1CC[C@@H](c2ccc(OCCCCO)cc2)C1. The van der Waals surface area contributed by atoms with Crippen LogP contribution in [0, 0.1) is 11.3 Å². The van der Waals surface area contributed by atoms with Crippen molar-refractivity contribution in [2.75, 3.05) is 31.2 Å². The molecule has 4 nitrogen and oxygen atoms in total. The molecular formula is C22H23F3N2O2. The van der Waals surface area contributed by atoms with Gasteiger partial charge in [0.2, 0.25) is 0 Å². The number of hydrogen-bond acceptors (Lipinski definition) is 4. The third kappa shape index (κ3) is 5.21. The van der Waals surface area contributed by atoms with Gasteiger partial charge < -0.3 is 14.7 Å². The van der Waals surface area contributed by atoms with Gasteiger partial charge in [0.25, 0.3) is 0 Å². The highest BCUT2D eigenvalue weighted by molar-refractivity contribution is 5.62. The summed E-state index contributed by atoms with van der Waals surface area (Å²) in [6, 6.07) is 13.0. The van der Waals surface area contributed by atoms with Crippen LogP contribution < -0.4 is 9.64 Å². The van der Waals surface area contributed by atoms with Crippen molar-refractivity contribution >= 4 is 5.69 Å². The van der Waals surface area contributed by atoms with E-state index in [9.17, 15) is 18.4 Å². The maximum atomic E-state index is 13.1. The van der Waals surface area contributed by atoms with Gasteiger partial charge in [-0.2, -0.15) is 18.4 Å². The normalized spacial score (nSPS) is 16.7. The number of alkyl halides is 3. The Bertz CT molecular complexity index is 860. The first kappa shape index (κ1) is 21.0. The molecule has 0 saturated carbocycles. The molecule has 1 atom stereocenters. The molecule has 29 heavy (non-hydrogen) atoms. The lowest BCUT2D eigenvalue weighted by molar-refractivity contribution is -0.137. The zero-order chi connectivity index (χ0) is 20.9. The lowest BCUT2D eigenvalue weighted by Gasteiger charge is -2.21. The fourth-order valence-corrected chi connectivity index (χ4v) is 3.56. The summed E-state index contributed by atoms with van der Waals surface area (Å²) in [4.78, 5) is 1.86. The van der Waals surface area contributed by atoms with E-state index >= 15 is 0 Å². The van der Waals surface area contributed by atoms with Crippen molar-refractivity contribution in [2.24, 2.45) is 0 Å². The summed E-state index contributed by atoms with van der Waals surface area (Å²) in [6.07, 6.45) is -2.14. The molecule has 0 radical (unpaired) electrons. The maximum Gasteiger partial charge on any atom is 0.416 e. The number of aliphatic hydroxyl groups is 1. The monoisotopic (exact) mass is 404 g/mol. The molecule has 1 N–H and O–H groups in total. The largest absolute Gasteiger partial charge is 0.494 e. The van der Waals surface area contributed by atoms with Gasteiger partial charge in [-0.15, -0.1) is 0 Å². The molecule has 1 aliphatic rings. The lowest BCUT2D eigenvalue weighted by Crippen LogP contribution is -2.21. The Morgan fingerprint density at radius 3 is 2.55 bits per heavy atom. The first-order valence-corrected chi connectivity index (χ1v) is 9.62. The van der Waals surface area contributed by atoms with Crippen LogP contribution in [0.5, 0.6) is 5.75 Å². The Kier molecular flexibility index (Phi) is 6.65. The van der Waals surface area contributed by atoms with Gasteiger partial charge in [-0.25, -0.2) is 0 Å². The Morgan fingerprint density at radius 1 is 1.14 bits per heavy atom. The smallest absolute Gasteiger partial charge is 0.416 e. The maximum absolute atomic E-state index is 13.1. The first-order valence-electron chi connectivity index (χ1n) is 9.62. The van der Waals surface area contributed by atoms with Crippen molar-refractivity contribution in [3.63, 3.8) is 0 Å². The third-order valence-corrected chi connectivity index (χ3v) is 5.15.